The molecule has 0 fully saturated rings. The van der Waals surface area contributed by atoms with Gasteiger partial charge in [0, 0.05) is 35.2 Å². The van der Waals surface area contributed by atoms with Crippen LogP contribution in [0.1, 0.15) is 34.6 Å². The van der Waals surface area contributed by atoms with Gasteiger partial charge in [0.1, 0.15) is 18.2 Å². The largest absolute Gasteiger partial charge is 0.464 e. The van der Waals surface area contributed by atoms with Gasteiger partial charge in [-0.15, -0.1) is 23.5 Å². The van der Waals surface area contributed by atoms with Crippen molar-refractivity contribution in [1.29, 1.82) is 0 Å². The van der Waals surface area contributed by atoms with Crippen LogP contribution in [0.25, 0.3) is 0 Å². The highest BCUT2D eigenvalue weighted by Gasteiger charge is 2.44. The Balaban J connectivity index is 2.36. The molecule has 0 N–H and O–H groups in total. The summed E-state index contributed by atoms with van der Waals surface area (Å²) in [7, 11) is 0. The minimum Gasteiger partial charge on any atom is -0.464 e. The molecule has 0 spiro atoms. The van der Waals surface area contributed by atoms with Gasteiger partial charge in [-0.3, -0.25) is 14.5 Å². The normalized spacial score (nSPS) is 23.2. The molecule has 0 aromatic carbocycles. The lowest BCUT2D eigenvalue weighted by atomic mass is 10.1. The zero-order valence-corrected chi connectivity index (χ0v) is 17.3. The minimum atomic E-state index is -0.666. The second-order valence-electron chi connectivity index (χ2n) is 6.99. The van der Waals surface area contributed by atoms with Crippen molar-refractivity contribution in [3.63, 3.8) is 0 Å². The number of esters is 2. The fraction of sp³-hybridized carbons (Fsp3) is 0.706. The zero-order chi connectivity index (χ0) is 19.5. The topological polar surface area (TPSA) is 82.1 Å². The Morgan fingerprint density at radius 3 is 2.35 bits per heavy atom. The maximum atomic E-state index is 12.8. The number of amides is 1. The third kappa shape index (κ3) is 5.57. The number of carbonyl (C=O) groups excluding carboxylic acids is 3. The highest BCUT2D eigenvalue weighted by molar-refractivity contribution is 8.10. The third-order valence-electron chi connectivity index (χ3n) is 3.59. The summed E-state index contributed by atoms with van der Waals surface area (Å²) in [5, 5.41) is 0. The standard InChI is InChI=1S/C17H25NO6S2/c1-10(19)22-9-12-14(23-11(2)20)15-13(25-6-7-26-15)8-18(12)16(21)24-17(3,4)5/h12,14H,6-9H2,1-5H3/t12-,14-/m0/s1. The summed E-state index contributed by atoms with van der Waals surface area (Å²) in [5.74, 6) is 0.916. The van der Waals surface area contributed by atoms with E-state index in [1.54, 1.807) is 44.3 Å². The first-order valence-electron chi connectivity index (χ1n) is 8.37. The molecule has 0 aromatic heterocycles. The van der Waals surface area contributed by atoms with Crippen molar-refractivity contribution in [2.75, 3.05) is 24.7 Å². The summed E-state index contributed by atoms with van der Waals surface area (Å²) in [5.41, 5.74) is -0.664. The summed E-state index contributed by atoms with van der Waals surface area (Å²) in [6.45, 7) is 8.29. The van der Waals surface area contributed by atoms with Crippen LogP contribution in [-0.4, -0.2) is 65.3 Å². The van der Waals surface area contributed by atoms with E-state index in [4.69, 9.17) is 14.2 Å². The van der Waals surface area contributed by atoms with E-state index >= 15 is 0 Å². The highest BCUT2D eigenvalue weighted by atomic mass is 32.2. The average Bonchev–Trinajstić information content (AvgIpc) is 2.51. The monoisotopic (exact) mass is 403 g/mol. The van der Waals surface area contributed by atoms with Crippen LogP contribution >= 0.6 is 23.5 Å². The quantitative estimate of drug-likeness (QED) is 0.526. The maximum Gasteiger partial charge on any atom is 0.411 e. The van der Waals surface area contributed by atoms with Crippen LogP contribution in [0.15, 0.2) is 9.81 Å². The van der Waals surface area contributed by atoms with Crippen molar-refractivity contribution in [1.82, 2.24) is 4.90 Å². The molecule has 0 unspecified atom stereocenters. The van der Waals surface area contributed by atoms with Gasteiger partial charge in [-0.05, 0) is 20.8 Å². The van der Waals surface area contributed by atoms with Gasteiger partial charge < -0.3 is 14.2 Å². The van der Waals surface area contributed by atoms with E-state index in [0.717, 1.165) is 21.3 Å². The van der Waals surface area contributed by atoms with Crippen molar-refractivity contribution < 1.29 is 28.6 Å². The summed E-state index contributed by atoms with van der Waals surface area (Å²) < 4.78 is 16.2. The summed E-state index contributed by atoms with van der Waals surface area (Å²) >= 11 is 3.28. The molecule has 0 aliphatic carbocycles. The van der Waals surface area contributed by atoms with Gasteiger partial charge in [-0.1, -0.05) is 0 Å². The molecule has 0 saturated heterocycles. The van der Waals surface area contributed by atoms with Crippen molar-refractivity contribution in [3.8, 4) is 0 Å². The van der Waals surface area contributed by atoms with Crippen molar-refractivity contribution >= 4 is 41.6 Å². The van der Waals surface area contributed by atoms with Gasteiger partial charge in [-0.2, -0.15) is 0 Å². The third-order valence-corrected chi connectivity index (χ3v) is 6.28. The molecule has 2 rings (SSSR count). The lowest BCUT2D eigenvalue weighted by molar-refractivity contribution is -0.151. The van der Waals surface area contributed by atoms with E-state index in [2.05, 4.69) is 0 Å². The maximum absolute atomic E-state index is 12.8. The fourth-order valence-corrected chi connectivity index (χ4v) is 5.22. The molecule has 0 radical (unpaired) electrons. The Bertz CT molecular complexity index is 613. The van der Waals surface area contributed by atoms with E-state index in [1.807, 2.05) is 0 Å². The van der Waals surface area contributed by atoms with Crippen LogP contribution in [0.4, 0.5) is 4.79 Å². The number of carbonyl (C=O) groups is 3. The first-order chi connectivity index (χ1) is 12.1. The summed E-state index contributed by atoms with van der Waals surface area (Å²) in [6, 6.07) is -0.623. The molecule has 1 amide bonds. The van der Waals surface area contributed by atoms with Crippen molar-refractivity contribution in [2.24, 2.45) is 0 Å². The molecule has 2 aliphatic rings. The molecule has 9 heteroatoms. The van der Waals surface area contributed by atoms with Crippen molar-refractivity contribution in [3.05, 3.63) is 9.81 Å². The van der Waals surface area contributed by atoms with Gasteiger partial charge >= 0.3 is 18.0 Å². The van der Waals surface area contributed by atoms with Crippen LogP contribution in [-0.2, 0) is 23.8 Å². The lowest BCUT2D eigenvalue weighted by Gasteiger charge is -2.43. The summed E-state index contributed by atoms with van der Waals surface area (Å²) in [6.07, 6.45) is -1.18. The fourth-order valence-electron chi connectivity index (χ4n) is 2.65. The first-order valence-corrected chi connectivity index (χ1v) is 10.3. The molecule has 0 bridgehead atoms. The smallest absolute Gasteiger partial charge is 0.411 e. The predicted molar refractivity (Wildman–Crippen MR) is 101 cm³/mol. The molecule has 0 saturated carbocycles. The second-order valence-corrected chi connectivity index (χ2v) is 9.32. The average molecular weight is 404 g/mol. The molecule has 7 nitrogen and oxygen atoms in total. The number of rotatable bonds is 3. The summed E-state index contributed by atoms with van der Waals surface area (Å²) in [4.78, 5) is 39.2. The van der Waals surface area contributed by atoms with Gasteiger partial charge in [0.25, 0.3) is 0 Å². The Kier molecular flexibility index (Phi) is 6.90. The van der Waals surface area contributed by atoms with Crippen LogP contribution in [0.5, 0.6) is 0 Å². The minimum absolute atomic E-state index is 0.0610. The highest BCUT2D eigenvalue weighted by Crippen LogP contribution is 2.43. The zero-order valence-electron chi connectivity index (χ0n) is 15.7. The molecule has 2 atom stereocenters. The molecule has 0 aromatic rings. The molecule has 2 heterocycles. The Morgan fingerprint density at radius 2 is 1.77 bits per heavy atom. The number of hydrogen-bond acceptors (Lipinski definition) is 8. The van der Waals surface area contributed by atoms with Crippen LogP contribution in [0, 0.1) is 0 Å². The van der Waals surface area contributed by atoms with Crippen LogP contribution in [0.3, 0.4) is 0 Å². The number of thioether (sulfide) groups is 2. The van der Waals surface area contributed by atoms with Crippen LogP contribution < -0.4 is 0 Å². The predicted octanol–water partition coefficient (Wildman–Crippen LogP) is 2.79. The molecule has 146 valence electrons. The molecular formula is C17H25NO6S2. The number of ether oxygens (including phenoxy) is 3. The van der Waals surface area contributed by atoms with Gasteiger partial charge in [0.2, 0.25) is 0 Å². The first kappa shape index (κ1) is 21.0. The number of nitrogens with zero attached hydrogens (tertiary/aromatic N) is 1. The number of hydrogen-bond donors (Lipinski definition) is 0. The van der Waals surface area contributed by atoms with Crippen LogP contribution in [0.2, 0.25) is 0 Å². The second kappa shape index (κ2) is 8.56. The van der Waals surface area contributed by atoms with E-state index < -0.39 is 35.8 Å². The van der Waals surface area contributed by atoms with E-state index in [9.17, 15) is 14.4 Å². The lowest BCUT2D eigenvalue weighted by Crippen LogP contribution is -2.56. The van der Waals surface area contributed by atoms with Gasteiger partial charge in [0.05, 0.1) is 6.54 Å². The molecule has 26 heavy (non-hydrogen) atoms. The van der Waals surface area contributed by atoms with E-state index in [-0.39, 0.29) is 6.61 Å². The van der Waals surface area contributed by atoms with E-state index in [0.29, 0.717) is 6.54 Å². The van der Waals surface area contributed by atoms with Gasteiger partial charge in [0.15, 0.2) is 6.10 Å². The molecular weight excluding hydrogens is 378 g/mol. The Labute approximate surface area is 162 Å². The Morgan fingerprint density at radius 1 is 1.12 bits per heavy atom. The van der Waals surface area contributed by atoms with E-state index in [1.165, 1.54) is 18.7 Å². The SMILES string of the molecule is CC(=O)OC[C@H]1[C@H](OC(C)=O)C2=C(CN1C(=O)OC(C)(C)C)SCCS2. The molecule has 2 aliphatic heterocycles. The Hall–Kier alpha value is -1.35. The van der Waals surface area contributed by atoms with Gasteiger partial charge in [-0.25, -0.2) is 4.79 Å². The van der Waals surface area contributed by atoms with Crippen molar-refractivity contribution in [2.45, 2.75) is 52.4 Å².